The normalized spacial score (nSPS) is 16.4. The van der Waals surface area contributed by atoms with E-state index in [0.717, 1.165) is 31.1 Å². The van der Waals surface area contributed by atoms with E-state index in [9.17, 15) is 9.59 Å². The van der Waals surface area contributed by atoms with Gasteiger partial charge in [-0.15, -0.1) is 0 Å². The van der Waals surface area contributed by atoms with Crippen LogP contribution >= 0.6 is 0 Å². The molecule has 9 nitrogen and oxygen atoms in total. The fourth-order valence-electron chi connectivity index (χ4n) is 4.48. The second-order valence-electron chi connectivity index (χ2n) is 8.27. The lowest BCUT2D eigenvalue weighted by atomic mass is 10.1. The van der Waals surface area contributed by atoms with Crippen molar-refractivity contribution in [2.75, 3.05) is 57.7 Å². The molecule has 2 aromatic carbocycles. The molecule has 1 aliphatic heterocycles. The highest BCUT2D eigenvalue weighted by molar-refractivity contribution is 6.13. The quantitative estimate of drug-likeness (QED) is 0.517. The van der Waals surface area contributed by atoms with Gasteiger partial charge in [0.05, 0.1) is 44.5 Å². The number of nitrogens with zero attached hydrogens (tertiary/aromatic N) is 2. The van der Waals surface area contributed by atoms with E-state index in [0.29, 0.717) is 22.3 Å². The fraction of sp³-hybridized carbons (Fsp3) is 0.360. The van der Waals surface area contributed by atoms with E-state index in [-0.39, 0.29) is 24.2 Å². The summed E-state index contributed by atoms with van der Waals surface area (Å²) in [4.78, 5) is 32.9. The van der Waals surface area contributed by atoms with Crippen molar-refractivity contribution < 1.29 is 23.8 Å². The monoisotopic (exact) mass is 466 g/mol. The Morgan fingerprint density at radius 1 is 1.06 bits per heavy atom. The Morgan fingerprint density at radius 2 is 1.82 bits per heavy atom. The van der Waals surface area contributed by atoms with Gasteiger partial charge in [0.25, 0.3) is 0 Å². The minimum Gasteiger partial charge on any atom is -0.497 e. The van der Waals surface area contributed by atoms with Gasteiger partial charge < -0.3 is 29.4 Å². The van der Waals surface area contributed by atoms with E-state index in [4.69, 9.17) is 14.2 Å². The van der Waals surface area contributed by atoms with Gasteiger partial charge >= 0.3 is 5.97 Å². The number of hydrogen-bond donors (Lipinski definition) is 2. The molecule has 0 saturated carbocycles. The molecule has 4 rings (SSSR count). The first-order chi connectivity index (χ1) is 16.4. The molecule has 0 radical (unpaired) electrons. The fourth-order valence-corrected chi connectivity index (χ4v) is 4.48. The Morgan fingerprint density at radius 3 is 2.47 bits per heavy atom. The Kier molecular flexibility index (Phi) is 6.93. The highest BCUT2D eigenvalue weighted by Gasteiger charge is 2.27. The first kappa shape index (κ1) is 23.4. The topological polar surface area (TPSA) is 96.1 Å². The molecule has 1 aliphatic rings. The number of carbonyl (C=O) groups is 2. The predicted octanol–water partition coefficient (Wildman–Crippen LogP) is 3.12. The summed E-state index contributed by atoms with van der Waals surface area (Å²) in [7, 11) is 4.51. The molecule has 0 spiro atoms. The van der Waals surface area contributed by atoms with Gasteiger partial charge in [-0.1, -0.05) is 6.07 Å². The van der Waals surface area contributed by atoms with Crippen LogP contribution in [-0.2, 0) is 9.53 Å². The lowest BCUT2D eigenvalue weighted by Crippen LogP contribution is -2.53. The van der Waals surface area contributed by atoms with Crippen LogP contribution in [-0.4, -0.2) is 75.3 Å². The zero-order valence-corrected chi connectivity index (χ0v) is 19.9. The smallest absolute Gasteiger partial charge is 0.356 e. The van der Waals surface area contributed by atoms with Crippen LogP contribution in [0.25, 0.3) is 10.9 Å². The summed E-state index contributed by atoms with van der Waals surface area (Å²) in [6.45, 7) is 4.64. The lowest BCUT2D eigenvalue weighted by Gasteiger charge is -2.41. The Balaban J connectivity index is 1.46. The van der Waals surface area contributed by atoms with Crippen LogP contribution < -0.4 is 19.7 Å². The van der Waals surface area contributed by atoms with Gasteiger partial charge in [0, 0.05) is 31.4 Å². The maximum atomic E-state index is 13.0. The summed E-state index contributed by atoms with van der Waals surface area (Å²) < 4.78 is 15.6. The van der Waals surface area contributed by atoms with E-state index in [1.54, 1.807) is 20.3 Å². The molecule has 0 aliphatic carbocycles. The molecule has 2 N–H and O–H groups in total. The highest BCUT2D eigenvalue weighted by Crippen LogP contribution is 2.35. The molecule has 1 fully saturated rings. The number of H-pyrrole nitrogens is 1. The molecule has 180 valence electrons. The van der Waals surface area contributed by atoms with Crippen LogP contribution in [0.3, 0.4) is 0 Å². The molecule has 1 unspecified atom stereocenters. The molecule has 2 heterocycles. The van der Waals surface area contributed by atoms with Gasteiger partial charge in [-0.25, -0.2) is 4.79 Å². The molecule has 34 heavy (non-hydrogen) atoms. The maximum Gasteiger partial charge on any atom is 0.356 e. The van der Waals surface area contributed by atoms with Gasteiger partial charge in [-0.3, -0.25) is 9.69 Å². The number of ether oxygens (including phenoxy) is 3. The largest absolute Gasteiger partial charge is 0.497 e. The third-order valence-electron chi connectivity index (χ3n) is 6.14. The summed E-state index contributed by atoms with van der Waals surface area (Å²) in [6.07, 6.45) is 0. The van der Waals surface area contributed by atoms with E-state index >= 15 is 0 Å². The third kappa shape index (κ3) is 4.65. The van der Waals surface area contributed by atoms with Crippen LogP contribution in [0, 0.1) is 0 Å². The Hall–Kier alpha value is -3.72. The van der Waals surface area contributed by atoms with Crippen LogP contribution in [0.4, 0.5) is 11.4 Å². The van der Waals surface area contributed by atoms with Crippen molar-refractivity contribution in [1.29, 1.82) is 0 Å². The number of rotatable bonds is 7. The van der Waals surface area contributed by atoms with Crippen molar-refractivity contribution in [2.24, 2.45) is 0 Å². The molecule has 9 heteroatoms. The summed E-state index contributed by atoms with van der Waals surface area (Å²) in [6, 6.07) is 13.7. The lowest BCUT2D eigenvalue weighted by molar-refractivity contribution is -0.117. The molecule has 1 saturated heterocycles. The maximum absolute atomic E-state index is 13.0. The van der Waals surface area contributed by atoms with Gasteiger partial charge in [0.1, 0.15) is 17.2 Å². The van der Waals surface area contributed by atoms with Crippen LogP contribution in [0.1, 0.15) is 17.4 Å². The van der Waals surface area contributed by atoms with E-state index < -0.39 is 5.97 Å². The number of fused-ring (bicyclic) bond motifs is 1. The molecule has 0 bridgehead atoms. The van der Waals surface area contributed by atoms with E-state index in [2.05, 4.69) is 39.2 Å². The number of benzene rings is 2. The second-order valence-corrected chi connectivity index (χ2v) is 8.27. The van der Waals surface area contributed by atoms with Crippen molar-refractivity contribution in [1.82, 2.24) is 9.88 Å². The minimum atomic E-state index is -0.560. The number of anilines is 2. The van der Waals surface area contributed by atoms with Crippen molar-refractivity contribution in [3.63, 3.8) is 0 Å². The van der Waals surface area contributed by atoms with Crippen LogP contribution in [0.2, 0.25) is 0 Å². The van der Waals surface area contributed by atoms with Crippen molar-refractivity contribution >= 4 is 34.2 Å². The number of methoxy groups -OCH3 is 3. The summed E-state index contributed by atoms with van der Waals surface area (Å²) in [5, 5.41) is 3.56. The van der Waals surface area contributed by atoms with E-state index in [1.807, 2.05) is 24.3 Å². The molecule has 1 atom stereocenters. The van der Waals surface area contributed by atoms with Crippen molar-refractivity contribution in [3.05, 3.63) is 48.2 Å². The van der Waals surface area contributed by atoms with Crippen molar-refractivity contribution in [3.8, 4) is 11.5 Å². The van der Waals surface area contributed by atoms with Gasteiger partial charge in [-0.05, 0) is 43.3 Å². The number of esters is 1. The van der Waals surface area contributed by atoms with E-state index in [1.165, 1.54) is 7.11 Å². The van der Waals surface area contributed by atoms with Gasteiger partial charge in [-0.2, -0.15) is 0 Å². The van der Waals surface area contributed by atoms with Gasteiger partial charge in [0.2, 0.25) is 5.91 Å². The molecule has 1 amide bonds. The first-order valence-corrected chi connectivity index (χ1v) is 11.1. The Labute approximate surface area is 198 Å². The number of aromatic amines is 1. The average molecular weight is 467 g/mol. The highest BCUT2D eigenvalue weighted by atomic mass is 16.5. The van der Waals surface area contributed by atoms with Crippen LogP contribution in [0.15, 0.2) is 42.5 Å². The molecule has 3 aromatic rings. The number of hydrogen-bond acceptors (Lipinski definition) is 7. The molecular formula is C25H30N4O5. The van der Waals surface area contributed by atoms with Gasteiger partial charge in [0.15, 0.2) is 0 Å². The number of piperazine rings is 1. The third-order valence-corrected chi connectivity index (χ3v) is 6.14. The second kappa shape index (κ2) is 10.0. The minimum absolute atomic E-state index is 0.188. The first-order valence-electron chi connectivity index (χ1n) is 11.1. The Bertz CT molecular complexity index is 1170. The number of aromatic nitrogens is 1. The molecular weight excluding hydrogens is 436 g/mol. The summed E-state index contributed by atoms with van der Waals surface area (Å²) in [5.74, 6) is 0.616. The SMILES string of the molecule is COC(=O)c1[nH]c2cccc(OC)c2c1NC(=O)CN1CCN(c2ccc(OC)cc2)C(C)C1. The van der Waals surface area contributed by atoms with Crippen LogP contribution in [0.5, 0.6) is 11.5 Å². The number of nitrogens with one attached hydrogen (secondary N) is 2. The average Bonchev–Trinajstić information content (AvgIpc) is 3.22. The zero-order valence-electron chi connectivity index (χ0n) is 19.9. The molecule has 1 aromatic heterocycles. The number of carbonyl (C=O) groups excluding carboxylic acids is 2. The predicted molar refractivity (Wildman–Crippen MR) is 131 cm³/mol. The standard InChI is InChI=1S/C25H30N4O5/c1-16-14-28(12-13-29(16)17-8-10-18(32-2)11-9-17)15-21(30)27-23-22-19(6-5-7-20(22)33-3)26-24(23)25(31)34-4/h5-11,16,26H,12-15H2,1-4H3,(H,27,30). The number of amides is 1. The summed E-state index contributed by atoms with van der Waals surface area (Å²) in [5.41, 5.74) is 2.37. The summed E-state index contributed by atoms with van der Waals surface area (Å²) >= 11 is 0. The van der Waals surface area contributed by atoms with Crippen molar-refractivity contribution in [2.45, 2.75) is 13.0 Å². The zero-order chi connectivity index (χ0) is 24.2.